The molecule has 158 valence electrons. The molecule has 0 N–H and O–H groups in total. The van der Waals surface area contributed by atoms with Crippen LogP contribution in [0.15, 0.2) is 48.5 Å². The number of alkyl halides is 3. The van der Waals surface area contributed by atoms with Gasteiger partial charge < -0.3 is 9.80 Å². The molecule has 0 aromatic heterocycles. The van der Waals surface area contributed by atoms with Gasteiger partial charge >= 0.3 is 6.18 Å². The van der Waals surface area contributed by atoms with Gasteiger partial charge in [0.2, 0.25) is 11.8 Å². The van der Waals surface area contributed by atoms with Gasteiger partial charge in [-0.2, -0.15) is 13.2 Å². The summed E-state index contributed by atoms with van der Waals surface area (Å²) in [7, 11) is 1.77. The van der Waals surface area contributed by atoms with Gasteiger partial charge in [0.1, 0.15) is 0 Å². The lowest BCUT2D eigenvalue weighted by molar-refractivity contribution is -0.137. The first kappa shape index (κ1) is 20.4. The van der Waals surface area contributed by atoms with E-state index >= 15 is 0 Å². The van der Waals surface area contributed by atoms with Gasteiger partial charge in [0.05, 0.1) is 17.5 Å². The smallest absolute Gasteiger partial charge is 0.338 e. The van der Waals surface area contributed by atoms with Gasteiger partial charge in [-0.05, 0) is 41.7 Å². The lowest BCUT2D eigenvalue weighted by atomic mass is 10.0. The maximum absolute atomic E-state index is 13.1. The van der Waals surface area contributed by atoms with E-state index < -0.39 is 17.7 Å². The molecular weight excluding hydrogens is 393 g/mol. The van der Waals surface area contributed by atoms with E-state index in [4.69, 9.17) is 0 Å². The second-order valence-corrected chi connectivity index (χ2v) is 8.08. The first-order valence-electron chi connectivity index (χ1n) is 10.0. The lowest BCUT2D eigenvalue weighted by Gasteiger charge is -2.28. The summed E-state index contributed by atoms with van der Waals surface area (Å²) < 4.78 is 38.8. The van der Waals surface area contributed by atoms with Crippen molar-refractivity contribution in [2.75, 3.05) is 13.6 Å². The minimum Gasteiger partial charge on any atom is -0.338 e. The van der Waals surface area contributed by atoms with Crippen LogP contribution in [-0.2, 0) is 28.7 Å². The van der Waals surface area contributed by atoms with Crippen LogP contribution in [-0.4, -0.2) is 35.2 Å². The van der Waals surface area contributed by atoms with Crippen LogP contribution in [0.2, 0.25) is 0 Å². The maximum atomic E-state index is 13.1. The fourth-order valence-electron chi connectivity index (χ4n) is 4.54. The third-order valence-electron chi connectivity index (χ3n) is 6.11. The number of benzene rings is 2. The molecule has 1 heterocycles. The molecule has 30 heavy (non-hydrogen) atoms. The molecule has 2 aromatic rings. The minimum atomic E-state index is -4.43. The molecule has 0 bridgehead atoms. The molecule has 1 saturated heterocycles. The Morgan fingerprint density at radius 3 is 2.70 bits per heavy atom. The number of amides is 2. The number of rotatable bonds is 4. The van der Waals surface area contributed by atoms with E-state index in [1.165, 1.54) is 16.5 Å². The van der Waals surface area contributed by atoms with Crippen LogP contribution in [0.1, 0.15) is 41.1 Å². The van der Waals surface area contributed by atoms with E-state index in [1.54, 1.807) is 18.0 Å². The monoisotopic (exact) mass is 416 g/mol. The zero-order valence-corrected chi connectivity index (χ0v) is 16.7. The Labute approximate surface area is 173 Å². The highest BCUT2D eigenvalue weighted by molar-refractivity contribution is 5.89. The summed E-state index contributed by atoms with van der Waals surface area (Å²) in [4.78, 5) is 28.7. The summed E-state index contributed by atoms with van der Waals surface area (Å²) in [5.41, 5.74) is 2.07. The maximum Gasteiger partial charge on any atom is 0.416 e. The van der Waals surface area contributed by atoms with E-state index in [9.17, 15) is 22.8 Å². The van der Waals surface area contributed by atoms with Crippen LogP contribution >= 0.6 is 0 Å². The third kappa shape index (κ3) is 3.93. The zero-order valence-electron chi connectivity index (χ0n) is 16.7. The van der Waals surface area contributed by atoms with E-state index in [0.717, 1.165) is 30.5 Å². The standard InChI is InChI=1S/C23H23F3N2O2/c1-27(20-10-9-16-6-2-3-8-19(16)20)22(30)17-12-21(29)28(14-17)13-15-5-4-7-18(11-15)23(24,25)26/h2-8,11,17,20H,9-10,12-14H2,1H3/t17-,20+/m1/s1. The second-order valence-electron chi connectivity index (χ2n) is 8.08. The first-order valence-corrected chi connectivity index (χ1v) is 10.0. The molecule has 0 spiro atoms. The van der Waals surface area contributed by atoms with Gasteiger partial charge in [0.15, 0.2) is 0 Å². The Balaban J connectivity index is 1.43. The van der Waals surface area contributed by atoms with Gasteiger partial charge in [0.25, 0.3) is 0 Å². The molecule has 0 saturated carbocycles. The predicted molar refractivity (Wildman–Crippen MR) is 105 cm³/mol. The number of fused-ring (bicyclic) bond motifs is 1. The van der Waals surface area contributed by atoms with Crippen molar-refractivity contribution in [1.29, 1.82) is 0 Å². The fraction of sp³-hybridized carbons (Fsp3) is 0.391. The molecule has 2 amide bonds. The average Bonchev–Trinajstić information content (AvgIpc) is 3.30. The van der Waals surface area contributed by atoms with E-state index in [2.05, 4.69) is 6.07 Å². The van der Waals surface area contributed by atoms with E-state index in [0.29, 0.717) is 5.56 Å². The SMILES string of the molecule is CN(C(=O)[C@@H]1CC(=O)N(Cc2cccc(C(F)(F)F)c2)C1)[C@H]1CCc2ccccc21. The lowest BCUT2D eigenvalue weighted by Crippen LogP contribution is -2.36. The fourth-order valence-corrected chi connectivity index (χ4v) is 4.54. The summed E-state index contributed by atoms with van der Waals surface area (Å²) in [6.07, 6.45) is -2.56. The molecule has 4 nitrogen and oxygen atoms in total. The minimum absolute atomic E-state index is 0.00122. The van der Waals surface area contributed by atoms with Crippen molar-refractivity contribution >= 4 is 11.8 Å². The Morgan fingerprint density at radius 2 is 1.93 bits per heavy atom. The molecular formula is C23H23F3N2O2. The number of hydrogen-bond donors (Lipinski definition) is 0. The van der Waals surface area contributed by atoms with Gasteiger partial charge in [-0.3, -0.25) is 9.59 Å². The zero-order chi connectivity index (χ0) is 21.5. The van der Waals surface area contributed by atoms with Crippen LogP contribution in [0, 0.1) is 5.92 Å². The predicted octanol–water partition coefficient (Wildman–Crippen LogP) is 4.20. The van der Waals surface area contributed by atoms with Crippen molar-refractivity contribution in [3.63, 3.8) is 0 Å². The molecule has 1 aliphatic heterocycles. The molecule has 2 aromatic carbocycles. The number of likely N-dealkylation sites (tertiary alicyclic amines) is 1. The summed E-state index contributed by atoms with van der Waals surface area (Å²) in [5.74, 6) is -0.761. The number of hydrogen-bond acceptors (Lipinski definition) is 2. The summed E-state index contributed by atoms with van der Waals surface area (Å²) in [6.45, 7) is 0.301. The van der Waals surface area contributed by atoms with Crippen LogP contribution < -0.4 is 0 Å². The number of halogens is 3. The topological polar surface area (TPSA) is 40.6 Å². The van der Waals surface area contributed by atoms with Gasteiger partial charge in [-0.15, -0.1) is 0 Å². The largest absolute Gasteiger partial charge is 0.416 e. The van der Waals surface area contributed by atoms with Crippen molar-refractivity contribution in [3.8, 4) is 0 Å². The Kier molecular flexibility index (Phi) is 5.30. The summed E-state index contributed by atoms with van der Waals surface area (Å²) in [5, 5.41) is 0. The summed E-state index contributed by atoms with van der Waals surface area (Å²) >= 11 is 0. The Morgan fingerprint density at radius 1 is 1.17 bits per heavy atom. The van der Waals surface area contributed by atoms with Gasteiger partial charge in [-0.25, -0.2) is 0 Å². The number of carbonyl (C=O) groups is 2. The highest BCUT2D eigenvalue weighted by Gasteiger charge is 2.39. The third-order valence-corrected chi connectivity index (χ3v) is 6.11. The highest BCUT2D eigenvalue weighted by atomic mass is 19.4. The summed E-state index contributed by atoms with van der Waals surface area (Å²) in [6, 6.07) is 13.0. The number of nitrogens with zero attached hydrogens (tertiary/aromatic N) is 2. The van der Waals surface area contributed by atoms with Crippen molar-refractivity contribution < 1.29 is 22.8 Å². The molecule has 0 radical (unpaired) electrons. The average molecular weight is 416 g/mol. The van der Waals surface area contributed by atoms with Gasteiger partial charge in [-0.1, -0.05) is 36.4 Å². The van der Waals surface area contributed by atoms with Crippen molar-refractivity contribution in [3.05, 3.63) is 70.8 Å². The number of carbonyl (C=O) groups excluding carboxylic acids is 2. The van der Waals surface area contributed by atoms with Crippen molar-refractivity contribution in [2.45, 2.75) is 38.0 Å². The second kappa shape index (κ2) is 7.78. The molecule has 4 rings (SSSR count). The van der Waals surface area contributed by atoms with Crippen molar-refractivity contribution in [1.82, 2.24) is 9.80 Å². The molecule has 7 heteroatoms. The molecule has 1 fully saturated rings. The van der Waals surface area contributed by atoms with E-state index in [-0.39, 0.29) is 37.4 Å². The molecule has 1 aliphatic carbocycles. The van der Waals surface area contributed by atoms with Crippen LogP contribution in [0.3, 0.4) is 0 Å². The molecule has 0 unspecified atom stereocenters. The number of aryl methyl sites for hydroxylation is 1. The van der Waals surface area contributed by atoms with Gasteiger partial charge in [0, 0.05) is 26.6 Å². The first-order chi connectivity index (χ1) is 14.2. The Hall–Kier alpha value is -2.83. The van der Waals surface area contributed by atoms with Crippen LogP contribution in [0.4, 0.5) is 13.2 Å². The van der Waals surface area contributed by atoms with Crippen molar-refractivity contribution in [2.24, 2.45) is 5.92 Å². The van der Waals surface area contributed by atoms with E-state index in [1.807, 2.05) is 18.2 Å². The van der Waals surface area contributed by atoms with Crippen LogP contribution in [0.25, 0.3) is 0 Å². The Bertz CT molecular complexity index is 973. The normalized spacial score (nSPS) is 21.1. The molecule has 2 aliphatic rings. The highest BCUT2D eigenvalue weighted by Crippen LogP contribution is 2.36. The van der Waals surface area contributed by atoms with Crippen LogP contribution in [0.5, 0.6) is 0 Å². The molecule has 2 atom stereocenters. The quantitative estimate of drug-likeness (QED) is 0.750.